The summed E-state index contributed by atoms with van der Waals surface area (Å²) >= 11 is 1.22. The summed E-state index contributed by atoms with van der Waals surface area (Å²) in [5.41, 5.74) is 16.5. The van der Waals surface area contributed by atoms with Crippen LogP contribution in [0.4, 0.5) is 0 Å². The number of aromatic amines is 1. The first kappa shape index (κ1) is 94.6. The molecular formula is C72H106N18O22S3+2. The largest absolute Gasteiger partial charge is 0.508 e. The first-order chi connectivity index (χ1) is 54.5. The number of aromatic nitrogens is 1. The minimum Gasteiger partial charge on any atom is -0.508 e. The Morgan fingerprint density at radius 3 is 1.71 bits per heavy atom. The molecule has 40 nitrogen and oxygen atoms in total. The number of carboxylic acids is 4. The van der Waals surface area contributed by atoms with Crippen LogP contribution in [-0.2, 0) is 94.3 Å². The molecule has 5 rings (SSSR count). The fourth-order valence-electron chi connectivity index (χ4n) is 12.1. The van der Waals surface area contributed by atoms with E-state index in [0.717, 1.165) is 26.5 Å². The number of amides is 13. The van der Waals surface area contributed by atoms with Crippen molar-refractivity contribution in [2.45, 2.75) is 190 Å². The number of carbonyl (C=O) groups is 17. The Labute approximate surface area is 673 Å². The molecule has 2 aliphatic rings. The van der Waals surface area contributed by atoms with Crippen LogP contribution in [0.5, 0.6) is 5.75 Å². The molecule has 14 atom stereocenters. The van der Waals surface area contributed by atoms with E-state index >= 15 is 19.2 Å². The number of phenolic OH excluding ortho intramolecular Hbond substituents is 1. The van der Waals surface area contributed by atoms with Crippen molar-refractivity contribution in [1.29, 1.82) is 0 Å². The first-order valence-corrected chi connectivity index (χ1v) is 41.2. The summed E-state index contributed by atoms with van der Waals surface area (Å²) in [6.45, 7) is 5.52. The summed E-state index contributed by atoms with van der Waals surface area (Å²) in [7, 11) is 1.48. The molecule has 2 aliphatic heterocycles. The molecule has 3 heterocycles. The van der Waals surface area contributed by atoms with Gasteiger partial charge in [0.1, 0.15) is 72.2 Å². The average molecular weight is 1670 g/mol. The van der Waals surface area contributed by atoms with Crippen molar-refractivity contribution in [3.8, 4) is 5.75 Å². The number of carboxylic acid groups (broad SMARTS) is 4. The van der Waals surface area contributed by atoms with E-state index in [1.54, 1.807) is 50.6 Å². The standard InChI is InChI=1S/C72H104N18O22S3/c1-6-36(3)58(73)68(108)89-59(37(4)7-2)69(109)79-32-53(92)78-33-54(93)80-50-34-114-115-35-51(71(111)112)88-62(102)45(21-23-56(96)97)83-61(101)44(20-22-55(94)95)82-60(100)43(14-10-25-76-72(74)75)81-66(106)49(30-57(98)99)86-63(103)46(24-27-113-5)84-65(105)48(29-39-31-77-42-13-9-8-12-41(39)42)85-64(104)47(28-38-16-18-40(91)19-17-38)87-67(107)52-15-11-26-90(52)70(50)110/h8-9,12-13,16-19,31,36-37,43-52,58-59,77,91H,6-7,10-11,14-15,20-30,32-35,73H2,1-5H3,(H,78,92)(H,79,109)(H,80,93)(H,81,106)(H,82,100)(H,83,101)(H,84,105)(H,85,104)(H,86,103)(H,87,107)(H,88,102)(H,89,108)(H,94,95)(H,96,97)(H,98,99)(H,111,112)(H4,74,75,76)/p+2/t36-,37-,43-,44-,45-,46-,47-,48-,49-,50-,51-,52-,58-,59-/m0/s1. The van der Waals surface area contributed by atoms with E-state index in [2.05, 4.69) is 79.5 Å². The second-order valence-corrected chi connectivity index (χ2v) is 31.3. The summed E-state index contributed by atoms with van der Waals surface area (Å²) in [4.78, 5) is 243. The van der Waals surface area contributed by atoms with Crippen LogP contribution in [0.3, 0.4) is 0 Å². The fourth-order valence-corrected chi connectivity index (χ4v) is 14.9. The quantitative estimate of drug-likeness (QED) is 0.0120. The lowest BCUT2D eigenvalue weighted by atomic mass is 9.95. The third-order valence-electron chi connectivity index (χ3n) is 19.2. The van der Waals surface area contributed by atoms with Crippen molar-refractivity contribution in [1.82, 2.24) is 73.7 Å². The number of aromatic hydroxyl groups is 1. The molecule has 43 heteroatoms. The second kappa shape index (κ2) is 47.7. The van der Waals surface area contributed by atoms with Crippen molar-refractivity contribution in [3.63, 3.8) is 0 Å². The van der Waals surface area contributed by atoms with Gasteiger partial charge in [-0.25, -0.2) is 4.79 Å². The zero-order valence-electron chi connectivity index (χ0n) is 64.3. The van der Waals surface area contributed by atoms with Crippen LogP contribution in [-0.4, -0.2) is 264 Å². The van der Waals surface area contributed by atoms with E-state index in [0.29, 0.717) is 34.9 Å². The van der Waals surface area contributed by atoms with Gasteiger partial charge in [0.2, 0.25) is 70.9 Å². The summed E-state index contributed by atoms with van der Waals surface area (Å²) in [5, 5.41) is 80.8. The Bertz CT molecular complexity index is 3980. The molecule has 632 valence electrons. The number of benzene rings is 2. The zero-order valence-corrected chi connectivity index (χ0v) is 66.8. The Kier molecular flexibility index (Phi) is 39.2. The van der Waals surface area contributed by atoms with Gasteiger partial charge in [0, 0.05) is 66.8 Å². The third-order valence-corrected chi connectivity index (χ3v) is 22.2. The molecule has 0 radical (unpaired) electrons. The van der Waals surface area contributed by atoms with Crippen LogP contribution < -0.4 is 86.0 Å². The number of thioether (sulfide) groups is 1. The van der Waals surface area contributed by atoms with E-state index in [1.165, 1.54) is 36.0 Å². The van der Waals surface area contributed by atoms with E-state index < -0.39 is 236 Å². The number of aliphatic carboxylic acids is 4. The predicted molar refractivity (Wildman–Crippen MR) is 419 cm³/mol. The van der Waals surface area contributed by atoms with Crippen LogP contribution >= 0.6 is 33.3 Å². The molecule has 0 aliphatic carbocycles. The van der Waals surface area contributed by atoms with E-state index in [9.17, 15) is 87.9 Å². The number of hydrogen-bond donors (Lipinski definition) is 22. The normalized spacial score (nSPS) is 22.6. The maximum absolute atomic E-state index is 15.2. The van der Waals surface area contributed by atoms with E-state index in [1.807, 2.05) is 13.8 Å². The molecule has 3 aromatic rings. The lowest BCUT2D eigenvalue weighted by molar-refractivity contribution is -0.459. The number of guanidine groups is 1. The topological polar surface area (TPSA) is 648 Å². The SMILES string of the molecule is CC[C@H](C)[C@H]([NH3+])C(=O)N[C@H](C(=O)NCC(=O)NCC(=O)N[C@H]1CSSC[C@@H](C(=O)O)NC(=O)[C@H](CCC(=O)O)NC(=O)[C@H](CCC(=O)O)NC(=O)[C@H](CCC[NH+]=C(N)N)NC(=O)[C@H](CC(=O)O)NC(=O)[C@H](CCSC)NC(=O)[C@H](Cc2c[nH]c3ccccc23)NC(=O)[C@H](Cc2ccc(O)cc2)NC(=O)[C@@H]2CCCN2C1=O)[C@@H](C)CC. The molecule has 2 saturated heterocycles. The molecule has 1 aromatic heterocycles. The van der Waals surface area contributed by atoms with Crippen molar-refractivity contribution in [2.24, 2.45) is 23.3 Å². The van der Waals surface area contributed by atoms with Crippen LogP contribution in [0.1, 0.15) is 116 Å². The molecule has 0 unspecified atom stereocenters. The molecule has 115 heavy (non-hydrogen) atoms. The Morgan fingerprint density at radius 2 is 1.14 bits per heavy atom. The van der Waals surface area contributed by atoms with Crippen molar-refractivity contribution in [2.75, 3.05) is 49.7 Å². The molecule has 13 amide bonds. The molecule has 2 aromatic carbocycles. The van der Waals surface area contributed by atoms with Crippen LogP contribution in [0.2, 0.25) is 0 Å². The van der Waals surface area contributed by atoms with Gasteiger partial charge in [-0.15, -0.1) is 0 Å². The number of nitrogens with two attached hydrogens (primary N) is 2. The van der Waals surface area contributed by atoms with Gasteiger partial charge >= 0.3 is 29.8 Å². The molecule has 0 spiro atoms. The number of carbonyl (C=O) groups excluding carboxylic acids is 13. The first-order valence-electron chi connectivity index (χ1n) is 37.3. The molecule has 2 fully saturated rings. The smallest absolute Gasteiger partial charge is 0.338 e. The monoisotopic (exact) mass is 1670 g/mol. The maximum Gasteiger partial charge on any atom is 0.338 e. The zero-order chi connectivity index (χ0) is 85.2. The van der Waals surface area contributed by atoms with Crippen molar-refractivity contribution >= 4 is 151 Å². The molecular weight excluding hydrogens is 1570 g/mol. The highest BCUT2D eigenvalue weighted by molar-refractivity contribution is 8.76. The lowest BCUT2D eigenvalue weighted by Crippen LogP contribution is -2.78. The number of phenols is 1. The van der Waals surface area contributed by atoms with Gasteiger partial charge < -0.3 is 105 Å². The maximum atomic E-state index is 15.2. The number of H-pyrrole nitrogens is 1. The van der Waals surface area contributed by atoms with Crippen LogP contribution in [0.25, 0.3) is 10.9 Å². The minimum absolute atomic E-state index is 0.0428. The number of hydrogen-bond acceptors (Lipinski definition) is 21. The fraction of sp³-hybridized carbons (Fsp3) is 0.556. The van der Waals surface area contributed by atoms with Gasteiger partial charge in [0.15, 0.2) is 6.04 Å². The number of nitrogens with one attached hydrogen (secondary N) is 14. The lowest BCUT2D eigenvalue weighted by Gasteiger charge is -2.30. The highest BCUT2D eigenvalue weighted by Gasteiger charge is 2.42. The molecule has 0 saturated carbocycles. The van der Waals surface area contributed by atoms with Gasteiger partial charge in [-0.1, -0.05) is 86.0 Å². The minimum atomic E-state index is -2.06. The highest BCUT2D eigenvalue weighted by Crippen LogP contribution is 2.27. The number of quaternary nitrogens is 1. The summed E-state index contributed by atoms with van der Waals surface area (Å²) in [5.74, 6) is -21.5. The summed E-state index contributed by atoms with van der Waals surface area (Å²) in [6.07, 6.45) is -1.24. The van der Waals surface area contributed by atoms with E-state index in [4.69, 9.17) is 11.5 Å². The van der Waals surface area contributed by atoms with Gasteiger partial charge in [-0.3, -0.25) is 93.2 Å². The summed E-state index contributed by atoms with van der Waals surface area (Å²) < 4.78 is 0. The van der Waals surface area contributed by atoms with Crippen molar-refractivity contribution < 1.29 is 118 Å². The second-order valence-electron chi connectivity index (χ2n) is 27.8. The Balaban J connectivity index is 1.62. The molecule has 26 N–H and O–H groups in total. The van der Waals surface area contributed by atoms with Crippen LogP contribution in [0.15, 0.2) is 54.7 Å². The predicted octanol–water partition coefficient (Wildman–Crippen LogP) is -6.00. The summed E-state index contributed by atoms with van der Waals surface area (Å²) in [6, 6.07) is -6.91. The number of para-hydroxylation sites is 1. The number of nitrogens with zero attached hydrogens (tertiary/aromatic N) is 1. The third kappa shape index (κ3) is 31.4. The van der Waals surface area contributed by atoms with E-state index in [-0.39, 0.29) is 81.4 Å². The van der Waals surface area contributed by atoms with Crippen molar-refractivity contribution in [3.05, 3.63) is 65.9 Å². The van der Waals surface area contributed by atoms with Gasteiger partial charge in [0.05, 0.1) is 26.1 Å². The van der Waals surface area contributed by atoms with Gasteiger partial charge in [-0.2, -0.15) is 11.8 Å². The number of rotatable bonds is 32. The van der Waals surface area contributed by atoms with Crippen LogP contribution in [0, 0.1) is 11.8 Å². The average Bonchev–Trinajstić information content (AvgIpc) is 1.70. The van der Waals surface area contributed by atoms with Gasteiger partial charge in [0.25, 0.3) is 5.91 Å². The molecule has 0 bridgehead atoms. The highest BCUT2D eigenvalue weighted by atomic mass is 33.1. The van der Waals surface area contributed by atoms with Gasteiger partial charge in [-0.05, 0) is 98.6 Å². The Hall–Kier alpha value is -11.0. The Morgan fingerprint density at radius 1 is 0.617 bits per heavy atom. The number of fused-ring (bicyclic) bond motifs is 2.